The third-order valence-electron chi connectivity index (χ3n) is 3.21. The standard InChI is InChI=1S/C17H18N2O3/c1-11-6-4-9-16(12(11)2)19-17(21)22-15-8-5-7-14(10-15)18-13(3)20/h4-10H,1-3H3,(H,18,20)(H,19,21). The number of amides is 2. The lowest BCUT2D eigenvalue weighted by Gasteiger charge is -2.11. The van der Waals surface area contributed by atoms with Crippen LogP contribution in [0.3, 0.4) is 0 Å². The van der Waals surface area contributed by atoms with E-state index in [-0.39, 0.29) is 5.91 Å². The number of nitrogens with one attached hydrogen (secondary N) is 2. The van der Waals surface area contributed by atoms with Gasteiger partial charge in [0.1, 0.15) is 5.75 Å². The summed E-state index contributed by atoms with van der Waals surface area (Å²) in [6.45, 7) is 5.33. The van der Waals surface area contributed by atoms with Gasteiger partial charge >= 0.3 is 6.09 Å². The van der Waals surface area contributed by atoms with Crippen molar-refractivity contribution in [2.75, 3.05) is 10.6 Å². The van der Waals surface area contributed by atoms with Gasteiger partial charge in [0, 0.05) is 24.4 Å². The third kappa shape index (κ3) is 4.09. The molecule has 0 aliphatic carbocycles. The molecule has 0 heterocycles. The molecule has 2 aromatic rings. The lowest BCUT2D eigenvalue weighted by atomic mass is 10.1. The summed E-state index contributed by atoms with van der Waals surface area (Å²) in [5.41, 5.74) is 3.37. The molecule has 0 radical (unpaired) electrons. The van der Waals surface area contributed by atoms with Crippen LogP contribution in [0.4, 0.5) is 16.2 Å². The lowest BCUT2D eigenvalue weighted by molar-refractivity contribution is -0.114. The van der Waals surface area contributed by atoms with Crippen LogP contribution in [0.2, 0.25) is 0 Å². The average molecular weight is 298 g/mol. The number of carbonyl (C=O) groups excluding carboxylic acids is 2. The molecule has 2 amide bonds. The fraction of sp³-hybridized carbons (Fsp3) is 0.176. The minimum absolute atomic E-state index is 0.183. The van der Waals surface area contributed by atoms with Crippen LogP contribution >= 0.6 is 0 Å². The second-order valence-electron chi connectivity index (χ2n) is 4.97. The minimum atomic E-state index is -0.575. The summed E-state index contributed by atoms with van der Waals surface area (Å²) in [7, 11) is 0. The van der Waals surface area contributed by atoms with Crippen molar-refractivity contribution in [1.29, 1.82) is 0 Å². The van der Waals surface area contributed by atoms with Crippen molar-refractivity contribution in [2.45, 2.75) is 20.8 Å². The first-order valence-electron chi connectivity index (χ1n) is 6.88. The number of hydrogen-bond acceptors (Lipinski definition) is 3. The van der Waals surface area contributed by atoms with Gasteiger partial charge < -0.3 is 10.1 Å². The van der Waals surface area contributed by atoms with E-state index in [0.717, 1.165) is 11.1 Å². The molecule has 5 nitrogen and oxygen atoms in total. The Labute approximate surface area is 129 Å². The van der Waals surface area contributed by atoms with Crippen LogP contribution in [0.15, 0.2) is 42.5 Å². The Morgan fingerprint density at radius 3 is 2.45 bits per heavy atom. The van der Waals surface area contributed by atoms with Crippen LogP contribution in [-0.2, 0) is 4.79 Å². The topological polar surface area (TPSA) is 67.4 Å². The highest BCUT2D eigenvalue weighted by atomic mass is 16.6. The fourth-order valence-corrected chi connectivity index (χ4v) is 1.97. The van der Waals surface area contributed by atoms with Gasteiger partial charge in [0.05, 0.1) is 0 Å². The molecule has 0 aliphatic rings. The van der Waals surface area contributed by atoms with Crippen molar-refractivity contribution in [1.82, 2.24) is 0 Å². The Balaban J connectivity index is 2.06. The number of hydrogen-bond donors (Lipinski definition) is 2. The molecule has 0 aromatic heterocycles. The molecule has 0 spiro atoms. The van der Waals surface area contributed by atoms with Crippen LogP contribution in [0.1, 0.15) is 18.1 Å². The first-order valence-corrected chi connectivity index (χ1v) is 6.88. The van der Waals surface area contributed by atoms with E-state index in [0.29, 0.717) is 17.1 Å². The predicted octanol–water partition coefficient (Wildman–Crippen LogP) is 3.87. The quantitative estimate of drug-likeness (QED) is 0.903. The summed E-state index contributed by atoms with van der Waals surface area (Å²) in [4.78, 5) is 23.0. The summed E-state index contributed by atoms with van der Waals surface area (Å²) in [6, 6.07) is 12.3. The normalized spacial score (nSPS) is 9.95. The summed E-state index contributed by atoms with van der Waals surface area (Å²) in [5, 5.41) is 5.35. The second-order valence-corrected chi connectivity index (χ2v) is 4.97. The molecule has 2 aromatic carbocycles. The van der Waals surface area contributed by atoms with E-state index >= 15 is 0 Å². The molecule has 2 N–H and O–H groups in total. The van der Waals surface area contributed by atoms with Crippen molar-refractivity contribution >= 4 is 23.4 Å². The monoisotopic (exact) mass is 298 g/mol. The molecular formula is C17H18N2O3. The minimum Gasteiger partial charge on any atom is -0.410 e. The van der Waals surface area contributed by atoms with Gasteiger partial charge in [0.25, 0.3) is 0 Å². The molecule has 0 atom stereocenters. The summed E-state index contributed by atoms with van der Waals surface area (Å²) < 4.78 is 5.23. The van der Waals surface area contributed by atoms with Gasteiger partial charge in [-0.05, 0) is 43.2 Å². The summed E-state index contributed by atoms with van der Waals surface area (Å²) in [6.07, 6.45) is -0.575. The van der Waals surface area contributed by atoms with E-state index in [4.69, 9.17) is 4.74 Å². The van der Waals surface area contributed by atoms with E-state index in [1.165, 1.54) is 6.92 Å². The van der Waals surface area contributed by atoms with Crippen molar-refractivity contribution in [3.05, 3.63) is 53.6 Å². The van der Waals surface area contributed by atoms with E-state index in [1.807, 2.05) is 32.0 Å². The molecule has 2 rings (SSSR count). The molecule has 5 heteroatoms. The lowest BCUT2D eigenvalue weighted by Crippen LogP contribution is -2.17. The van der Waals surface area contributed by atoms with Crippen LogP contribution < -0.4 is 15.4 Å². The zero-order chi connectivity index (χ0) is 16.1. The van der Waals surface area contributed by atoms with Gasteiger partial charge in [-0.2, -0.15) is 0 Å². The van der Waals surface area contributed by atoms with Crippen molar-refractivity contribution < 1.29 is 14.3 Å². The van der Waals surface area contributed by atoms with Gasteiger partial charge in [-0.3, -0.25) is 10.1 Å². The molecule has 0 unspecified atom stereocenters. The summed E-state index contributed by atoms with van der Waals surface area (Å²) >= 11 is 0. The largest absolute Gasteiger partial charge is 0.417 e. The highest BCUT2D eigenvalue weighted by Gasteiger charge is 2.08. The molecule has 0 aliphatic heterocycles. The highest BCUT2D eigenvalue weighted by Crippen LogP contribution is 2.20. The molecule has 114 valence electrons. The van der Waals surface area contributed by atoms with Crippen molar-refractivity contribution in [3.63, 3.8) is 0 Å². The van der Waals surface area contributed by atoms with Gasteiger partial charge in [-0.25, -0.2) is 4.79 Å². The SMILES string of the molecule is CC(=O)Nc1cccc(OC(=O)Nc2cccc(C)c2C)c1. The predicted molar refractivity (Wildman–Crippen MR) is 86.3 cm³/mol. The molecule has 0 fully saturated rings. The van der Waals surface area contributed by atoms with Crippen LogP contribution in [0, 0.1) is 13.8 Å². The van der Waals surface area contributed by atoms with Crippen LogP contribution in [0.25, 0.3) is 0 Å². The number of ether oxygens (including phenoxy) is 1. The Morgan fingerprint density at radius 1 is 1.00 bits per heavy atom. The fourth-order valence-electron chi connectivity index (χ4n) is 1.97. The van der Waals surface area contributed by atoms with E-state index < -0.39 is 6.09 Å². The van der Waals surface area contributed by atoms with Gasteiger partial charge in [0.15, 0.2) is 0 Å². The molecule has 0 saturated carbocycles. The number of carbonyl (C=O) groups is 2. The van der Waals surface area contributed by atoms with Gasteiger partial charge in [-0.1, -0.05) is 18.2 Å². The van der Waals surface area contributed by atoms with E-state index in [2.05, 4.69) is 10.6 Å². The first-order chi connectivity index (χ1) is 10.5. The second kappa shape index (κ2) is 6.76. The zero-order valence-corrected chi connectivity index (χ0v) is 12.8. The van der Waals surface area contributed by atoms with E-state index in [9.17, 15) is 9.59 Å². The maximum Gasteiger partial charge on any atom is 0.417 e. The number of rotatable bonds is 3. The maximum absolute atomic E-state index is 12.0. The third-order valence-corrected chi connectivity index (χ3v) is 3.21. The van der Waals surface area contributed by atoms with Gasteiger partial charge in [-0.15, -0.1) is 0 Å². The molecule has 0 bridgehead atoms. The molecule has 22 heavy (non-hydrogen) atoms. The molecular weight excluding hydrogens is 280 g/mol. The Hall–Kier alpha value is -2.82. The van der Waals surface area contributed by atoms with Crippen LogP contribution in [-0.4, -0.2) is 12.0 Å². The van der Waals surface area contributed by atoms with Gasteiger partial charge in [0.2, 0.25) is 5.91 Å². The van der Waals surface area contributed by atoms with Crippen molar-refractivity contribution in [3.8, 4) is 5.75 Å². The summed E-state index contributed by atoms with van der Waals surface area (Å²) in [5.74, 6) is 0.172. The van der Waals surface area contributed by atoms with Crippen LogP contribution in [0.5, 0.6) is 5.75 Å². The Bertz CT molecular complexity index is 711. The highest BCUT2D eigenvalue weighted by molar-refractivity contribution is 5.90. The average Bonchev–Trinajstić information content (AvgIpc) is 2.43. The smallest absolute Gasteiger partial charge is 0.410 e. The molecule has 0 saturated heterocycles. The Kier molecular flexibility index (Phi) is 4.78. The maximum atomic E-state index is 12.0. The number of aryl methyl sites for hydroxylation is 1. The van der Waals surface area contributed by atoms with Crippen molar-refractivity contribution in [2.24, 2.45) is 0 Å². The zero-order valence-electron chi connectivity index (χ0n) is 12.8. The van der Waals surface area contributed by atoms with E-state index in [1.54, 1.807) is 24.3 Å². The Morgan fingerprint density at radius 2 is 1.73 bits per heavy atom. The number of benzene rings is 2. The number of anilines is 2. The first kappa shape index (κ1) is 15.6.